The van der Waals surface area contributed by atoms with E-state index < -0.39 is 0 Å². The fraction of sp³-hybridized carbons (Fsp3) is 0.533. The Balaban J connectivity index is 3.04. The van der Waals surface area contributed by atoms with Gasteiger partial charge in [-0.2, -0.15) is 0 Å². The molecule has 0 heterocycles. The zero-order valence-corrected chi connectivity index (χ0v) is 13.7. The van der Waals surface area contributed by atoms with Crippen molar-refractivity contribution in [2.24, 2.45) is 0 Å². The zero-order chi connectivity index (χ0) is 15.1. The summed E-state index contributed by atoms with van der Waals surface area (Å²) < 4.78 is 16.0. The molecule has 1 rings (SSSR count). The van der Waals surface area contributed by atoms with Gasteiger partial charge in [0.15, 0.2) is 11.5 Å². The van der Waals surface area contributed by atoms with Gasteiger partial charge in [-0.25, -0.2) is 0 Å². The molecule has 4 nitrogen and oxygen atoms in total. The van der Waals surface area contributed by atoms with E-state index in [1.807, 2.05) is 12.1 Å². The first-order valence-corrected chi connectivity index (χ1v) is 7.08. The van der Waals surface area contributed by atoms with Crippen molar-refractivity contribution in [3.8, 4) is 17.2 Å². The Bertz CT molecular complexity index is 433. The summed E-state index contributed by atoms with van der Waals surface area (Å²) in [5.41, 5.74) is 1.05. The predicted molar refractivity (Wildman–Crippen MR) is 85.3 cm³/mol. The lowest BCUT2D eigenvalue weighted by Crippen LogP contribution is -2.30. The molecule has 0 aliphatic carbocycles. The van der Waals surface area contributed by atoms with E-state index in [1.165, 1.54) is 0 Å². The molecule has 0 saturated heterocycles. The first kappa shape index (κ1) is 16.6. The number of methoxy groups -OCH3 is 3. The molecule has 1 aromatic carbocycles. The van der Waals surface area contributed by atoms with E-state index in [1.54, 1.807) is 21.3 Å². The van der Waals surface area contributed by atoms with Crippen LogP contribution in [0, 0.1) is 0 Å². The van der Waals surface area contributed by atoms with Crippen molar-refractivity contribution in [3.05, 3.63) is 17.7 Å². The van der Waals surface area contributed by atoms with E-state index in [9.17, 15) is 0 Å². The first-order valence-electron chi connectivity index (χ1n) is 6.67. The highest BCUT2D eigenvalue weighted by atomic mass is 32.1. The molecule has 0 aliphatic rings. The molecule has 112 valence electrons. The molecule has 0 atom stereocenters. The van der Waals surface area contributed by atoms with Crippen molar-refractivity contribution in [1.82, 2.24) is 4.90 Å². The predicted octanol–water partition coefficient (Wildman–Crippen LogP) is 2.92. The maximum atomic E-state index is 5.49. The van der Waals surface area contributed by atoms with Gasteiger partial charge in [-0.15, -0.1) is 0 Å². The molecule has 0 spiro atoms. The van der Waals surface area contributed by atoms with Crippen molar-refractivity contribution in [2.75, 3.05) is 34.4 Å². The van der Waals surface area contributed by atoms with E-state index in [4.69, 9.17) is 26.4 Å². The SMILES string of the molecule is CCN(CC)C(=S)Cc1cc(OC)c(OC)c(OC)c1. The lowest BCUT2D eigenvalue weighted by Gasteiger charge is -2.22. The van der Waals surface area contributed by atoms with Gasteiger partial charge in [-0.05, 0) is 31.5 Å². The number of rotatable bonds is 7. The number of ether oxygens (including phenoxy) is 3. The van der Waals surface area contributed by atoms with Gasteiger partial charge in [-0.1, -0.05) is 12.2 Å². The van der Waals surface area contributed by atoms with Crippen LogP contribution >= 0.6 is 12.2 Å². The number of nitrogens with zero attached hydrogens (tertiary/aromatic N) is 1. The second-order valence-corrected chi connectivity index (χ2v) is 4.75. The fourth-order valence-electron chi connectivity index (χ4n) is 2.10. The summed E-state index contributed by atoms with van der Waals surface area (Å²) in [5, 5.41) is 0. The van der Waals surface area contributed by atoms with Crippen molar-refractivity contribution >= 4 is 17.2 Å². The average Bonchev–Trinajstić information content (AvgIpc) is 2.47. The topological polar surface area (TPSA) is 30.9 Å². The van der Waals surface area contributed by atoms with Crippen LogP contribution < -0.4 is 14.2 Å². The molecule has 0 aromatic heterocycles. The van der Waals surface area contributed by atoms with E-state index >= 15 is 0 Å². The van der Waals surface area contributed by atoms with E-state index in [-0.39, 0.29) is 0 Å². The van der Waals surface area contributed by atoms with Gasteiger partial charge in [0.05, 0.1) is 26.3 Å². The minimum absolute atomic E-state index is 0.604. The molecule has 0 bridgehead atoms. The third-order valence-corrected chi connectivity index (χ3v) is 3.60. The largest absolute Gasteiger partial charge is 0.493 e. The molecular formula is C15H23NO3S. The number of hydrogen-bond acceptors (Lipinski definition) is 4. The van der Waals surface area contributed by atoms with Crippen LogP contribution in [0.25, 0.3) is 0 Å². The smallest absolute Gasteiger partial charge is 0.203 e. The van der Waals surface area contributed by atoms with Gasteiger partial charge in [0, 0.05) is 19.5 Å². The van der Waals surface area contributed by atoms with E-state index in [2.05, 4.69) is 18.7 Å². The van der Waals surface area contributed by atoms with Gasteiger partial charge < -0.3 is 19.1 Å². The molecule has 0 radical (unpaired) electrons. The summed E-state index contributed by atoms with van der Waals surface area (Å²) in [7, 11) is 4.83. The second kappa shape index (κ2) is 7.94. The number of thiocarbonyl (C=S) groups is 1. The monoisotopic (exact) mass is 297 g/mol. The molecule has 1 aromatic rings. The lowest BCUT2D eigenvalue weighted by molar-refractivity contribution is 0.324. The molecule has 0 unspecified atom stereocenters. The van der Waals surface area contributed by atoms with Crippen LogP contribution in [0.15, 0.2) is 12.1 Å². The van der Waals surface area contributed by atoms with Gasteiger partial charge in [0.25, 0.3) is 0 Å². The van der Waals surface area contributed by atoms with Crippen LogP contribution in [0.3, 0.4) is 0 Å². The van der Waals surface area contributed by atoms with E-state index in [0.717, 1.165) is 23.6 Å². The Morgan fingerprint density at radius 2 is 1.50 bits per heavy atom. The van der Waals surface area contributed by atoms with Crippen molar-refractivity contribution in [2.45, 2.75) is 20.3 Å². The third-order valence-electron chi connectivity index (χ3n) is 3.20. The molecule has 0 aliphatic heterocycles. The number of likely N-dealkylation sites (N-methyl/N-ethyl adjacent to an activating group) is 1. The van der Waals surface area contributed by atoms with Crippen LogP contribution in [0.5, 0.6) is 17.2 Å². The molecule has 5 heteroatoms. The molecular weight excluding hydrogens is 274 g/mol. The number of benzene rings is 1. The Kier molecular flexibility index (Phi) is 6.58. The maximum Gasteiger partial charge on any atom is 0.203 e. The summed E-state index contributed by atoms with van der Waals surface area (Å²) in [6.07, 6.45) is 0.688. The Labute approximate surface area is 126 Å². The standard InChI is InChI=1S/C15H23NO3S/c1-6-16(7-2)14(20)10-11-8-12(17-3)15(19-5)13(9-11)18-4/h8-9H,6-7,10H2,1-5H3. The van der Waals surface area contributed by atoms with Crippen molar-refractivity contribution < 1.29 is 14.2 Å². The normalized spacial score (nSPS) is 10.1. The fourth-order valence-corrected chi connectivity index (χ4v) is 2.53. The van der Waals surface area contributed by atoms with Gasteiger partial charge >= 0.3 is 0 Å². The summed E-state index contributed by atoms with van der Waals surface area (Å²) in [6.45, 7) is 6.04. The zero-order valence-electron chi connectivity index (χ0n) is 12.9. The Morgan fingerprint density at radius 1 is 1.00 bits per heavy atom. The third kappa shape index (κ3) is 3.76. The highest BCUT2D eigenvalue weighted by Gasteiger charge is 2.15. The van der Waals surface area contributed by atoms with Crippen LogP contribution in [0.4, 0.5) is 0 Å². The van der Waals surface area contributed by atoms with Crippen LogP contribution in [-0.4, -0.2) is 44.3 Å². The maximum absolute atomic E-state index is 5.49. The van der Waals surface area contributed by atoms with Gasteiger partial charge in [-0.3, -0.25) is 0 Å². The molecule has 0 N–H and O–H groups in total. The van der Waals surface area contributed by atoms with Crippen LogP contribution in [0.2, 0.25) is 0 Å². The van der Waals surface area contributed by atoms with Crippen LogP contribution in [0.1, 0.15) is 19.4 Å². The summed E-state index contributed by atoms with van der Waals surface area (Å²) in [6, 6.07) is 3.88. The number of hydrogen-bond donors (Lipinski definition) is 0. The summed E-state index contributed by atoms with van der Waals surface area (Å²) in [5.74, 6) is 1.92. The highest BCUT2D eigenvalue weighted by Crippen LogP contribution is 2.38. The van der Waals surface area contributed by atoms with Crippen LogP contribution in [-0.2, 0) is 6.42 Å². The average molecular weight is 297 g/mol. The molecule has 0 fully saturated rings. The van der Waals surface area contributed by atoms with Gasteiger partial charge in [0.2, 0.25) is 5.75 Å². The van der Waals surface area contributed by atoms with E-state index in [0.29, 0.717) is 23.7 Å². The molecule has 0 saturated carbocycles. The summed E-state index contributed by atoms with van der Waals surface area (Å²) >= 11 is 5.49. The van der Waals surface area contributed by atoms with Crippen molar-refractivity contribution in [3.63, 3.8) is 0 Å². The Morgan fingerprint density at radius 3 is 1.85 bits per heavy atom. The van der Waals surface area contributed by atoms with Gasteiger partial charge in [0.1, 0.15) is 0 Å². The minimum Gasteiger partial charge on any atom is -0.493 e. The summed E-state index contributed by atoms with van der Waals surface area (Å²) in [4.78, 5) is 3.09. The molecule has 20 heavy (non-hydrogen) atoms. The first-order chi connectivity index (χ1) is 9.60. The van der Waals surface area contributed by atoms with Crippen molar-refractivity contribution in [1.29, 1.82) is 0 Å². The quantitative estimate of drug-likeness (QED) is 0.722. The molecule has 0 amide bonds. The second-order valence-electron chi connectivity index (χ2n) is 4.28. The lowest BCUT2D eigenvalue weighted by atomic mass is 10.1. The Hall–Kier alpha value is -1.49. The highest BCUT2D eigenvalue weighted by molar-refractivity contribution is 7.80. The minimum atomic E-state index is 0.604.